The molecule has 52 heavy (non-hydrogen) atoms. The lowest BCUT2D eigenvalue weighted by molar-refractivity contribution is -0.150. The highest BCUT2D eigenvalue weighted by Gasteiger charge is 2.48. The van der Waals surface area contributed by atoms with Crippen molar-refractivity contribution in [2.45, 2.75) is 213 Å². The lowest BCUT2D eigenvalue weighted by atomic mass is 9.75. The molecule has 0 radical (unpaired) electrons. The quantitative estimate of drug-likeness (QED) is 0.0370. The number of unbranched alkanes of at least 4 members (excludes halogenated alkanes) is 12. The maximum absolute atomic E-state index is 12.6. The number of fused-ring (bicyclic) bond motifs is 2. The predicted molar refractivity (Wildman–Crippen MR) is 214 cm³/mol. The van der Waals surface area contributed by atoms with Crippen molar-refractivity contribution in [3.05, 3.63) is 0 Å². The average molecular weight is 734 g/mol. The number of carbonyl (C=O) groups excluding carboxylic acids is 3. The van der Waals surface area contributed by atoms with Gasteiger partial charge in [-0.3, -0.25) is 14.4 Å². The summed E-state index contributed by atoms with van der Waals surface area (Å²) >= 11 is 0. The number of esters is 3. The Hall–Kier alpha value is -1.63. The smallest absolute Gasteiger partial charge is 0.306 e. The maximum atomic E-state index is 12.6. The zero-order valence-corrected chi connectivity index (χ0v) is 34.8. The van der Waals surface area contributed by atoms with Gasteiger partial charge in [-0.15, -0.1) is 0 Å². The van der Waals surface area contributed by atoms with Crippen LogP contribution in [0.25, 0.3) is 0 Å². The first-order valence-electron chi connectivity index (χ1n) is 22.3. The summed E-state index contributed by atoms with van der Waals surface area (Å²) in [4.78, 5) is 39.5. The van der Waals surface area contributed by atoms with Crippen molar-refractivity contribution in [1.82, 2.24) is 4.90 Å². The van der Waals surface area contributed by atoms with E-state index in [1.165, 1.54) is 77.0 Å². The normalized spacial score (nSPS) is 20.1. The Kier molecular flexibility index (Phi) is 25.7. The largest absolute Gasteiger partial charge is 0.466 e. The minimum atomic E-state index is -0.0728. The topological polar surface area (TPSA) is 82.1 Å². The summed E-state index contributed by atoms with van der Waals surface area (Å²) in [6, 6.07) is 0. The molecule has 7 heteroatoms. The van der Waals surface area contributed by atoms with Gasteiger partial charge in [0.25, 0.3) is 0 Å². The number of nitrogens with zero attached hydrogens (tertiary/aromatic N) is 1. The molecular weight excluding hydrogens is 650 g/mol. The highest BCUT2D eigenvalue weighted by molar-refractivity contribution is 5.70. The first kappa shape index (κ1) is 46.5. The predicted octanol–water partition coefficient (Wildman–Crippen LogP) is 11.8. The Labute approximate surface area is 320 Å². The van der Waals surface area contributed by atoms with Gasteiger partial charge in [-0.25, -0.2) is 0 Å². The zero-order chi connectivity index (χ0) is 37.9. The van der Waals surface area contributed by atoms with E-state index in [0.717, 1.165) is 108 Å². The minimum absolute atomic E-state index is 0.0169. The van der Waals surface area contributed by atoms with Gasteiger partial charge in [0.05, 0.1) is 13.2 Å². The van der Waals surface area contributed by atoms with Crippen LogP contribution < -0.4 is 0 Å². The third kappa shape index (κ3) is 21.9. The first-order chi connectivity index (χ1) is 25.1. The lowest BCUT2D eigenvalue weighted by Crippen LogP contribution is -2.30. The summed E-state index contributed by atoms with van der Waals surface area (Å²) in [6.45, 7) is 8.90. The molecule has 7 nitrogen and oxygen atoms in total. The number of rotatable bonds is 34. The molecule has 4 unspecified atom stereocenters. The van der Waals surface area contributed by atoms with E-state index in [2.05, 4.69) is 25.7 Å². The van der Waals surface area contributed by atoms with Crippen molar-refractivity contribution < 1.29 is 28.6 Å². The van der Waals surface area contributed by atoms with Crippen molar-refractivity contribution in [1.29, 1.82) is 0 Å². The van der Waals surface area contributed by atoms with E-state index >= 15 is 0 Å². The molecule has 0 aliphatic heterocycles. The van der Waals surface area contributed by atoms with Crippen LogP contribution in [-0.2, 0) is 28.6 Å². The molecule has 0 heterocycles. The molecule has 2 saturated carbocycles. The molecule has 0 aromatic rings. The van der Waals surface area contributed by atoms with Gasteiger partial charge in [0.2, 0.25) is 0 Å². The van der Waals surface area contributed by atoms with E-state index in [1.807, 2.05) is 14.1 Å². The van der Waals surface area contributed by atoms with Crippen molar-refractivity contribution in [2.75, 3.05) is 33.9 Å². The highest BCUT2D eigenvalue weighted by Crippen LogP contribution is 2.55. The van der Waals surface area contributed by atoms with Gasteiger partial charge in [-0.2, -0.15) is 0 Å². The molecule has 0 spiro atoms. The minimum Gasteiger partial charge on any atom is -0.466 e. The third-order valence-corrected chi connectivity index (χ3v) is 12.2. The van der Waals surface area contributed by atoms with E-state index in [9.17, 15) is 14.4 Å². The number of ether oxygens (including phenoxy) is 3. The first-order valence-corrected chi connectivity index (χ1v) is 22.3. The fraction of sp³-hybridized carbons (Fsp3) is 0.933. The summed E-state index contributed by atoms with van der Waals surface area (Å²) in [5.41, 5.74) is 0.213. The fourth-order valence-electron chi connectivity index (χ4n) is 8.81. The van der Waals surface area contributed by atoms with Crippen LogP contribution in [0.2, 0.25) is 0 Å². The molecule has 304 valence electrons. The van der Waals surface area contributed by atoms with Crippen LogP contribution in [0.3, 0.4) is 0 Å². The van der Waals surface area contributed by atoms with E-state index in [0.29, 0.717) is 38.4 Å². The average Bonchev–Trinajstić information content (AvgIpc) is 3.71. The SMILES string of the molecule is CCCCCC(CCCCC)CCOC(=O)CCCCCCCC(CCCCCCCC(=O)OCC1(C)CC2CCC1C2)OC(=O)CCCN(C)C. The van der Waals surface area contributed by atoms with Gasteiger partial charge in [-0.1, -0.05) is 117 Å². The van der Waals surface area contributed by atoms with Crippen molar-refractivity contribution in [3.8, 4) is 0 Å². The fourth-order valence-corrected chi connectivity index (χ4v) is 8.81. The molecule has 4 atom stereocenters. The Morgan fingerprint density at radius 1 is 0.635 bits per heavy atom. The van der Waals surface area contributed by atoms with Gasteiger partial charge < -0.3 is 19.1 Å². The van der Waals surface area contributed by atoms with Crippen LogP contribution in [0, 0.1) is 23.2 Å². The summed E-state index contributed by atoms with van der Waals surface area (Å²) in [6.07, 6.45) is 31.0. The summed E-state index contributed by atoms with van der Waals surface area (Å²) in [7, 11) is 4.06. The Morgan fingerprint density at radius 2 is 1.17 bits per heavy atom. The molecule has 0 saturated heterocycles. The Balaban J connectivity index is 1.56. The molecule has 0 N–H and O–H groups in total. The van der Waals surface area contributed by atoms with E-state index in [1.54, 1.807) is 0 Å². The second kappa shape index (κ2) is 28.8. The van der Waals surface area contributed by atoms with Crippen LogP contribution in [-0.4, -0.2) is 62.8 Å². The lowest BCUT2D eigenvalue weighted by Gasteiger charge is -2.33. The molecule has 2 aliphatic rings. The molecule has 0 aromatic carbocycles. The van der Waals surface area contributed by atoms with Gasteiger partial charge in [0.1, 0.15) is 6.10 Å². The number of hydrogen-bond donors (Lipinski definition) is 0. The second-order valence-corrected chi connectivity index (χ2v) is 17.4. The molecule has 2 rings (SSSR count). The van der Waals surface area contributed by atoms with Crippen molar-refractivity contribution in [3.63, 3.8) is 0 Å². The van der Waals surface area contributed by atoms with Gasteiger partial charge in [-0.05, 0) is 109 Å². The monoisotopic (exact) mass is 734 g/mol. The summed E-state index contributed by atoms with van der Waals surface area (Å²) < 4.78 is 17.3. The zero-order valence-electron chi connectivity index (χ0n) is 34.8. The molecule has 2 bridgehead atoms. The molecule has 0 amide bonds. The van der Waals surface area contributed by atoms with Crippen molar-refractivity contribution in [2.24, 2.45) is 23.2 Å². The van der Waals surface area contributed by atoms with Gasteiger partial charge in [0.15, 0.2) is 0 Å². The number of hydrogen-bond acceptors (Lipinski definition) is 7. The molecule has 2 aliphatic carbocycles. The van der Waals surface area contributed by atoms with E-state index < -0.39 is 0 Å². The highest BCUT2D eigenvalue weighted by atomic mass is 16.5. The molecule has 2 fully saturated rings. The van der Waals surface area contributed by atoms with Crippen LogP contribution in [0.15, 0.2) is 0 Å². The van der Waals surface area contributed by atoms with E-state index in [4.69, 9.17) is 14.2 Å². The van der Waals surface area contributed by atoms with Crippen LogP contribution >= 0.6 is 0 Å². The van der Waals surface area contributed by atoms with Crippen LogP contribution in [0.4, 0.5) is 0 Å². The maximum Gasteiger partial charge on any atom is 0.306 e. The molecule has 0 aromatic heterocycles. The van der Waals surface area contributed by atoms with Gasteiger partial charge >= 0.3 is 17.9 Å². The summed E-state index contributed by atoms with van der Waals surface area (Å²) in [5.74, 6) is 2.17. The Morgan fingerprint density at radius 3 is 1.71 bits per heavy atom. The van der Waals surface area contributed by atoms with E-state index in [-0.39, 0.29) is 29.4 Å². The van der Waals surface area contributed by atoms with Crippen LogP contribution in [0.5, 0.6) is 0 Å². The standard InChI is InChI=1S/C45H83NO6/c1-6-8-16-23-38(24-17-9-7-2)32-34-50-42(47)27-20-14-10-12-18-25-41(52-44(49)29-22-33-46(4)5)26-19-13-11-15-21-28-43(48)51-37-45(3)36-39-30-31-40(45)35-39/h38-41H,6-37H2,1-5H3. The van der Waals surface area contributed by atoms with Crippen LogP contribution in [0.1, 0.15) is 207 Å². The van der Waals surface area contributed by atoms with Crippen molar-refractivity contribution >= 4 is 17.9 Å². The number of carbonyl (C=O) groups is 3. The second-order valence-electron chi connectivity index (χ2n) is 17.4. The molecular formula is C45H83NO6. The Bertz CT molecular complexity index is 929. The van der Waals surface area contributed by atoms with Gasteiger partial charge in [0, 0.05) is 24.7 Å². The summed E-state index contributed by atoms with van der Waals surface area (Å²) in [5, 5.41) is 0. The third-order valence-electron chi connectivity index (χ3n) is 12.2.